The highest BCUT2D eigenvalue weighted by atomic mass is 35.5. The maximum atomic E-state index is 13.0. The molecule has 2 heterocycles. The van der Waals surface area contributed by atoms with E-state index < -0.39 is 17.9 Å². The van der Waals surface area contributed by atoms with Crippen LogP contribution in [0.25, 0.3) is 0 Å². The van der Waals surface area contributed by atoms with E-state index in [4.69, 9.17) is 16.3 Å². The van der Waals surface area contributed by atoms with Crippen LogP contribution in [0.1, 0.15) is 42.7 Å². The smallest absolute Gasteiger partial charge is 0.327 e. The highest BCUT2D eigenvalue weighted by Crippen LogP contribution is 2.30. The summed E-state index contributed by atoms with van der Waals surface area (Å²) in [7, 11) is 2.76. The average Bonchev–Trinajstić information content (AvgIpc) is 3.03. The normalized spacial score (nSPS) is 17.3. The average molecular weight is 456 g/mol. The van der Waals surface area contributed by atoms with E-state index in [1.807, 2.05) is 11.0 Å². The number of carbonyl (C=O) groups is 4. The fourth-order valence-electron chi connectivity index (χ4n) is 4.14. The number of hydrogen-bond donors (Lipinski definition) is 0. The van der Waals surface area contributed by atoms with E-state index in [2.05, 4.69) is 0 Å². The Labute approximate surface area is 190 Å². The number of ether oxygens (including phenoxy) is 1. The Hall–Kier alpha value is -3.23. The molecule has 1 atom stereocenters. The lowest BCUT2D eigenvalue weighted by atomic mass is 10.0. The van der Waals surface area contributed by atoms with Crippen LogP contribution in [0.5, 0.6) is 0 Å². The summed E-state index contributed by atoms with van der Waals surface area (Å²) in [6.07, 6.45) is 0. The molecule has 0 saturated carbocycles. The van der Waals surface area contributed by atoms with Crippen molar-refractivity contribution >= 4 is 35.3 Å². The molecule has 2 aliphatic heterocycles. The van der Waals surface area contributed by atoms with Crippen molar-refractivity contribution in [2.24, 2.45) is 0 Å². The Kier molecular flexibility index (Phi) is 5.99. The van der Waals surface area contributed by atoms with Crippen LogP contribution in [0, 0.1) is 0 Å². The zero-order valence-electron chi connectivity index (χ0n) is 17.7. The second-order valence-electron chi connectivity index (χ2n) is 7.71. The number of hydrogen-bond acceptors (Lipinski definition) is 6. The van der Waals surface area contributed by atoms with Crippen molar-refractivity contribution in [3.8, 4) is 0 Å². The van der Waals surface area contributed by atoms with E-state index >= 15 is 0 Å². The molecule has 2 aromatic rings. The van der Waals surface area contributed by atoms with Crippen molar-refractivity contribution < 1.29 is 23.9 Å². The lowest BCUT2D eigenvalue weighted by molar-refractivity contribution is -0.148. The van der Waals surface area contributed by atoms with Crippen LogP contribution in [-0.4, -0.2) is 78.7 Å². The van der Waals surface area contributed by atoms with Crippen LogP contribution in [-0.2, 0) is 9.53 Å². The number of esters is 1. The lowest BCUT2D eigenvalue weighted by Crippen LogP contribution is -2.51. The predicted octanol–water partition coefficient (Wildman–Crippen LogP) is 2.24. The molecule has 8 nitrogen and oxygen atoms in total. The first-order chi connectivity index (χ1) is 15.3. The molecule has 0 radical (unpaired) electrons. The third kappa shape index (κ3) is 3.76. The summed E-state index contributed by atoms with van der Waals surface area (Å²) in [5.41, 5.74) is 1.56. The van der Waals surface area contributed by atoms with Crippen LogP contribution in [0.2, 0.25) is 5.02 Å². The first-order valence-electron chi connectivity index (χ1n) is 10.2. The summed E-state index contributed by atoms with van der Waals surface area (Å²) < 4.78 is 5.01. The second-order valence-corrected chi connectivity index (χ2v) is 8.11. The molecule has 3 amide bonds. The molecule has 0 aliphatic carbocycles. The van der Waals surface area contributed by atoms with E-state index in [0.29, 0.717) is 47.9 Å². The summed E-state index contributed by atoms with van der Waals surface area (Å²) in [6, 6.07) is 11.0. The van der Waals surface area contributed by atoms with Gasteiger partial charge in [-0.1, -0.05) is 29.8 Å². The largest absolute Gasteiger partial charge is 0.468 e. The van der Waals surface area contributed by atoms with Gasteiger partial charge in [0.05, 0.1) is 18.2 Å². The van der Waals surface area contributed by atoms with Gasteiger partial charge in [0.25, 0.3) is 17.7 Å². The molecule has 0 unspecified atom stereocenters. The highest BCUT2D eigenvalue weighted by molar-refractivity contribution is 6.31. The molecule has 9 heteroatoms. The van der Waals surface area contributed by atoms with E-state index in [0.717, 1.165) is 4.90 Å². The van der Waals surface area contributed by atoms with Gasteiger partial charge in [-0.3, -0.25) is 24.2 Å². The van der Waals surface area contributed by atoms with Crippen molar-refractivity contribution in [3.63, 3.8) is 0 Å². The van der Waals surface area contributed by atoms with Crippen LogP contribution in [0.3, 0.4) is 0 Å². The molecule has 166 valence electrons. The van der Waals surface area contributed by atoms with Gasteiger partial charge < -0.3 is 9.64 Å². The van der Waals surface area contributed by atoms with Gasteiger partial charge in [0.1, 0.15) is 6.04 Å². The Bertz CT molecular complexity index is 1110. The van der Waals surface area contributed by atoms with Crippen LogP contribution in [0.15, 0.2) is 42.5 Å². The van der Waals surface area contributed by atoms with Crippen molar-refractivity contribution in [3.05, 3.63) is 69.7 Å². The number of halogens is 1. The number of benzene rings is 2. The maximum Gasteiger partial charge on any atom is 0.327 e. The number of rotatable bonds is 4. The highest BCUT2D eigenvalue weighted by Gasteiger charge is 2.36. The molecule has 0 N–H and O–H groups in total. The number of amides is 3. The first-order valence-corrected chi connectivity index (χ1v) is 10.5. The monoisotopic (exact) mass is 455 g/mol. The van der Waals surface area contributed by atoms with Gasteiger partial charge in [0, 0.05) is 43.8 Å². The molecular formula is C23H22ClN3O5. The first kappa shape index (κ1) is 22.0. The van der Waals surface area contributed by atoms with E-state index in [1.54, 1.807) is 29.2 Å². The van der Waals surface area contributed by atoms with Gasteiger partial charge in [-0.05, 0) is 29.8 Å². The fraction of sp³-hybridized carbons (Fsp3) is 0.304. The molecule has 2 aromatic carbocycles. The van der Waals surface area contributed by atoms with E-state index in [9.17, 15) is 19.2 Å². The summed E-state index contributed by atoms with van der Waals surface area (Å²) >= 11 is 6.32. The number of piperazine rings is 1. The zero-order chi connectivity index (χ0) is 23.0. The third-order valence-electron chi connectivity index (χ3n) is 5.93. The molecule has 0 aromatic heterocycles. The summed E-state index contributed by atoms with van der Waals surface area (Å²) in [5, 5.41) is 0.476. The van der Waals surface area contributed by atoms with Crippen molar-refractivity contribution in [2.75, 3.05) is 40.3 Å². The minimum absolute atomic E-state index is 0.227. The number of methoxy groups -OCH3 is 1. The van der Waals surface area contributed by atoms with E-state index in [-0.39, 0.29) is 17.4 Å². The second kappa shape index (κ2) is 8.72. The Balaban J connectivity index is 1.49. The SMILES string of the molecule is COC(=O)[C@H](c1ccccc1Cl)N1CCN(C(=O)c2ccc3c(c2)C(=O)N(C)C3=O)CC1. The molecule has 1 saturated heterocycles. The van der Waals surface area contributed by atoms with Gasteiger partial charge in [-0.2, -0.15) is 0 Å². The lowest BCUT2D eigenvalue weighted by Gasteiger charge is -2.38. The number of carbonyl (C=O) groups excluding carboxylic acids is 4. The Morgan fingerprint density at radius 2 is 1.62 bits per heavy atom. The standard InChI is InChI=1S/C23H22ClN3O5/c1-25-21(29)15-8-7-14(13-17(15)22(25)30)20(28)27-11-9-26(10-12-27)19(23(31)32-2)16-5-3-4-6-18(16)24/h3-8,13,19H,9-12H2,1-2H3/t19-/m0/s1. The summed E-state index contributed by atoms with van der Waals surface area (Å²) in [4.78, 5) is 54.5. The molecule has 4 rings (SSSR count). The molecule has 32 heavy (non-hydrogen) atoms. The van der Waals surface area contributed by atoms with Gasteiger partial charge in [-0.15, -0.1) is 0 Å². The van der Waals surface area contributed by atoms with Gasteiger partial charge in [0.2, 0.25) is 0 Å². The number of nitrogens with zero attached hydrogens (tertiary/aromatic N) is 3. The van der Waals surface area contributed by atoms with Gasteiger partial charge >= 0.3 is 5.97 Å². The van der Waals surface area contributed by atoms with Crippen LogP contribution < -0.4 is 0 Å². The Morgan fingerprint density at radius 3 is 2.28 bits per heavy atom. The number of imide groups is 1. The molecule has 2 aliphatic rings. The topological polar surface area (TPSA) is 87.2 Å². The predicted molar refractivity (Wildman–Crippen MR) is 117 cm³/mol. The Morgan fingerprint density at radius 1 is 0.969 bits per heavy atom. The summed E-state index contributed by atoms with van der Waals surface area (Å²) in [5.74, 6) is -1.42. The minimum Gasteiger partial charge on any atom is -0.468 e. The maximum absolute atomic E-state index is 13.0. The molecule has 0 spiro atoms. The molecule has 0 bridgehead atoms. The minimum atomic E-state index is -0.662. The van der Waals surface area contributed by atoms with Crippen LogP contribution in [0.4, 0.5) is 0 Å². The van der Waals surface area contributed by atoms with E-state index in [1.165, 1.54) is 26.3 Å². The summed E-state index contributed by atoms with van der Waals surface area (Å²) in [6.45, 7) is 1.67. The van der Waals surface area contributed by atoms with Crippen molar-refractivity contribution in [1.29, 1.82) is 0 Å². The van der Waals surface area contributed by atoms with Gasteiger partial charge in [-0.25, -0.2) is 4.79 Å². The van der Waals surface area contributed by atoms with Gasteiger partial charge in [0.15, 0.2) is 0 Å². The van der Waals surface area contributed by atoms with Crippen molar-refractivity contribution in [1.82, 2.24) is 14.7 Å². The third-order valence-corrected chi connectivity index (χ3v) is 6.27. The molecule has 1 fully saturated rings. The fourth-order valence-corrected chi connectivity index (χ4v) is 4.38. The van der Waals surface area contributed by atoms with Crippen molar-refractivity contribution in [2.45, 2.75) is 6.04 Å². The number of fused-ring (bicyclic) bond motifs is 1. The zero-order valence-corrected chi connectivity index (χ0v) is 18.5. The quantitative estimate of drug-likeness (QED) is 0.519. The molecular weight excluding hydrogens is 434 g/mol. The van der Waals surface area contributed by atoms with Crippen LogP contribution >= 0.6 is 11.6 Å².